The van der Waals surface area contributed by atoms with E-state index in [1.54, 1.807) is 18.3 Å². The molecule has 0 unspecified atom stereocenters. The van der Waals surface area contributed by atoms with Crippen molar-refractivity contribution in [1.29, 1.82) is 0 Å². The average molecular weight is 192 g/mol. The van der Waals surface area contributed by atoms with Crippen LogP contribution in [0, 0.1) is 0 Å². The van der Waals surface area contributed by atoms with E-state index in [9.17, 15) is 5.11 Å². The molecule has 0 spiro atoms. The van der Waals surface area contributed by atoms with Crippen LogP contribution in [0.25, 0.3) is 10.9 Å². The summed E-state index contributed by atoms with van der Waals surface area (Å²) in [5.41, 5.74) is 9.96. The van der Waals surface area contributed by atoms with Gasteiger partial charge in [0.1, 0.15) is 11.3 Å². The predicted octanol–water partition coefficient (Wildman–Crippen LogP) is 0.887. The van der Waals surface area contributed by atoms with E-state index < -0.39 is 0 Å². The van der Waals surface area contributed by atoms with Gasteiger partial charge in [0.25, 0.3) is 0 Å². The van der Waals surface area contributed by atoms with Gasteiger partial charge in [-0.2, -0.15) is 9.89 Å². The maximum absolute atomic E-state index is 9.64. The molecule has 1 aromatic heterocycles. The molecule has 14 heavy (non-hydrogen) atoms. The molecule has 0 fully saturated rings. The van der Waals surface area contributed by atoms with E-state index in [0.717, 1.165) is 11.9 Å². The predicted molar refractivity (Wildman–Crippen MR) is 55.7 cm³/mol. The number of aromatic hydroxyl groups is 1. The minimum absolute atomic E-state index is 0.174. The van der Waals surface area contributed by atoms with Gasteiger partial charge in [0.2, 0.25) is 0 Å². The zero-order chi connectivity index (χ0) is 10.1. The van der Waals surface area contributed by atoms with Crippen LogP contribution in [0.5, 0.6) is 5.75 Å². The fourth-order valence-corrected chi connectivity index (χ4v) is 1.41. The zero-order valence-corrected chi connectivity index (χ0v) is 7.86. The van der Waals surface area contributed by atoms with Gasteiger partial charge in [0.05, 0.1) is 6.20 Å². The van der Waals surface area contributed by atoms with Crippen LogP contribution in [-0.4, -0.2) is 21.5 Å². The maximum atomic E-state index is 9.64. The molecule has 0 aliphatic rings. The Labute approximate surface area is 81.1 Å². The molecule has 4 N–H and O–H groups in total. The number of nitrogens with one attached hydrogen (secondary N) is 1. The molecule has 1 heterocycles. The largest absolute Gasteiger partial charge is 0.506 e. The fraction of sp³-hybridized carbons (Fsp3) is 0.222. The summed E-state index contributed by atoms with van der Waals surface area (Å²) in [6, 6.07) is 3.23. The topological polar surface area (TPSA) is 76.1 Å². The molecule has 0 radical (unpaired) electrons. The molecule has 0 saturated carbocycles. The first-order chi connectivity index (χ1) is 6.74. The lowest BCUT2D eigenvalue weighted by molar-refractivity contribution is 0.478. The van der Waals surface area contributed by atoms with Crippen molar-refractivity contribution in [3.63, 3.8) is 0 Å². The van der Waals surface area contributed by atoms with Crippen LogP contribution in [0.2, 0.25) is 0 Å². The molecular weight excluding hydrogens is 180 g/mol. The van der Waals surface area contributed by atoms with E-state index in [1.807, 2.05) is 6.92 Å². The zero-order valence-electron chi connectivity index (χ0n) is 7.86. The number of hydrogen-bond donors (Lipinski definition) is 3. The third-order valence-electron chi connectivity index (χ3n) is 2.05. The van der Waals surface area contributed by atoms with Crippen LogP contribution in [0.15, 0.2) is 18.3 Å². The molecule has 0 aliphatic heterocycles. The average Bonchev–Trinajstić information content (AvgIpc) is 2.58. The Morgan fingerprint density at radius 2 is 2.36 bits per heavy atom. The minimum Gasteiger partial charge on any atom is -0.506 e. The van der Waals surface area contributed by atoms with Crippen LogP contribution in [0.4, 0.5) is 5.69 Å². The molecule has 2 rings (SSSR count). The summed E-state index contributed by atoms with van der Waals surface area (Å²) in [4.78, 5) is 1.53. The first-order valence-electron chi connectivity index (χ1n) is 4.43. The Morgan fingerprint density at radius 1 is 1.57 bits per heavy atom. The number of phenolic OH excluding ortho intramolecular Hbond substituents is 1. The van der Waals surface area contributed by atoms with Crippen LogP contribution in [-0.2, 0) is 0 Å². The summed E-state index contributed by atoms with van der Waals surface area (Å²) in [5, 5.41) is 14.5. The van der Waals surface area contributed by atoms with E-state index in [0.29, 0.717) is 11.2 Å². The molecule has 5 heteroatoms. The highest BCUT2D eigenvalue weighted by molar-refractivity contribution is 5.94. The lowest BCUT2D eigenvalue weighted by Crippen LogP contribution is -2.14. The van der Waals surface area contributed by atoms with Crippen LogP contribution < -0.4 is 11.2 Å². The lowest BCUT2D eigenvalue weighted by atomic mass is 10.2. The number of phenols is 1. The standard InChI is InChI=1S/C9H12N4O/c1-2-11-13-9-6(5-12-13)7(10)3-4-8(9)14/h3-5,11,14H,2,10H2,1H3. The molecule has 5 nitrogen and oxygen atoms in total. The van der Waals surface area contributed by atoms with E-state index >= 15 is 0 Å². The Morgan fingerprint density at radius 3 is 3.07 bits per heavy atom. The number of nitrogens with two attached hydrogens (primary N) is 1. The third-order valence-corrected chi connectivity index (χ3v) is 2.05. The van der Waals surface area contributed by atoms with Gasteiger partial charge in [-0.3, -0.25) is 0 Å². The van der Waals surface area contributed by atoms with Crippen molar-refractivity contribution in [2.24, 2.45) is 0 Å². The van der Waals surface area contributed by atoms with Crippen molar-refractivity contribution in [3.05, 3.63) is 18.3 Å². The van der Waals surface area contributed by atoms with E-state index in [-0.39, 0.29) is 5.75 Å². The van der Waals surface area contributed by atoms with Gasteiger partial charge < -0.3 is 16.3 Å². The molecule has 74 valence electrons. The van der Waals surface area contributed by atoms with Crippen LogP contribution >= 0.6 is 0 Å². The number of anilines is 1. The summed E-state index contributed by atoms with van der Waals surface area (Å²) in [6.45, 7) is 2.68. The number of nitrogen functional groups attached to an aromatic ring is 1. The number of rotatable bonds is 2. The van der Waals surface area contributed by atoms with Gasteiger partial charge in [-0.1, -0.05) is 0 Å². The molecule has 0 aliphatic carbocycles. The maximum Gasteiger partial charge on any atom is 0.143 e. The smallest absolute Gasteiger partial charge is 0.143 e. The first-order valence-corrected chi connectivity index (χ1v) is 4.43. The summed E-state index contributed by atoms with van der Waals surface area (Å²) in [7, 11) is 0. The highest BCUT2D eigenvalue weighted by Crippen LogP contribution is 2.28. The second-order valence-electron chi connectivity index (χ2n) is 3.00. The first kappa shape index (κ1) is 8.68. The SMILES string of the molecule is CCNn1ncc2c(N)ccc(O)c21. The Kier molecular flexibility index (Phi) is 1.92. The Balaban J connectivity index is 2.70. The molecule has 0 bridgehead atoms. The second-order valence-corrected chi connectivity index (χ2v) is 3.00. The van der Waals surface area contributed by atoms with Gasteiger partial charge in [-0.15, -0.1) is 0 Å². The van der Waals surface area contributed by atoms with Crippen molar-refractivity contribution in [1.82, 2.24) is 9.89 Å². The number of hydrogen-bond acceptors (Lipinski definition) is 4. The van der Waals surface area contributed by atoms with Gasteiger partial charge in [0.15, 0.2) is 0 Å². The van der Waals surface area contributed by atoms with Crippen molar-refractivity contribution in [2.45, 2.75) is 6.92 Å². The summed E-state index contributed by atoms with van der Waals surface area (Å²) < 4.78 is 0. The minimum atomic E-state index is 0.174. The highest BCUT2D eigenvalue weighted by Gasteiger charge is 2.09. The third kappa shape index (κ3) is 1.14. The Hall–Kier alpha value is -1.91. The fourth-order valence-electron chi connectivity index (χ4n) is 1.41. The summed E-state index contributed by atoms with van der Waals surface area (Å²) in [6.07, 6.45) is 1.63. The lowest BCUT2D eigenvalue weighted by Gasteiger charge is -2.05. The molecule has 0 atom stereocenters. The van der Waals surface area contributed by atoms with E-state index in [1.165, 1.54) is 4.79 Å². The molecular formula is C9H12N4O. The number of fused-ring (bicyclic) bond motifs is 1. The Bertz CT molecular complexity index is 463. The summed E-state index contributed by atoms with van der Waals surface area (Å²) >= 11 is 0. The van der Waals surface area contributed by atoms with Crippen molar-refractivity contribution in [3.8, 4) is 5.75 Å². The van der Waals surface area contributed by atoms with Gasteiger partial charge in [0, 0.05) is 17.6 Å². The summed E-state index contributed by atoms with van der Waals surface area (Å²) in [5.74, 6) is 0.174. The van der Waals surface area contributed by atoms with Gasteiger partial charge in [-0.05, 0) is 19.1 Å². The van der Waals surface area contributed by atoms with Crippen molar-refractivity contribution < 1.29 is 5.11 Å². The highest BCUT2D eigenvalue weighted by atomic mass is 16.3. The van der Waals surface area contributed by atoms with Crippen molar-refractivity contribution >= 4 is 16.6 Å². The molecule has 2 aromatic rings. The van der Waals surface area contributed by atoms with Crippen molar-refractivity contribution in [2.75, 3.05) is 17.7 Å². The number of aromatic nitrogens is 2. The van der Waals surface area contributed by atoms with E-state index in [4.69, 9.17) is 5.73 Å². The van der Waals surface area contributed by atoms with Gasteiger partial charge in [-0.25, -0.2) is 0 Å². The van der Waals surface area contributed by atoms with E-state index in [2.05, 4.69) is 10.5 Å². The quantitative estimate of drug-likeness (QED) is 0.488. The number of nitrogens with zero attached hydrogens (tertiary/aromatic N) is 2. The van der Waals surface area contributed by atoms with Crippen LogP contribution in [0.1, 0.15) is 6.92 Å². The molecule has 1 aromatic carbocycles. The van der Waals surface area contributed by atoms with Crippen LogP contribution in [0.3, 0.4) is 0 Å². The molecule has 0 amide bonds. The molecule has 0 saturated heterocycles. The number of benzene rings is 1. The second kappa shape index (κ2) is 3.10. The van der Waals surface area contributed by atoms with Gasteiger partial charge >= 0.3 is 0 Å². The normalized spacial score (nSPS) is 10.6. The monoisotopic (exact) mass is 192 g/mol.